The second kappa shape index (κ2) is 25.2. The fraction of sp³-hybridized carbons (Fsp3) is 0.489. The largest absolute Gasteiger partial charge is 0.494 e. The number of aryl methyl sites for hydroxylation is 2. The third-order valence-corrected chi connectivity index (χ3v) is 10.9. The van der Waals surface area contributed by atoms with E-state index >= 15 is 0 Å². The molecule has 17 heteroatoms. The standard InChI is InChI=1S/C47H65N9O8/c1-6-7-8-9-10-21-62-34-24-29(2)41(30(3)25-34)45(59)54-37(15-16-48)47(61)56(5)42-33-12-14-40(64-23-19-51)36(28-33)35-26-32(11-13-39(35)63-22-18-50)27-38(44(58)52-20-17-49)55-43(57)31(4)53-46(42)60/h11-14,24-26,28,31,37-38,42H,6-10,15-16,18-23,27,48,50-51H2,1-5H3,(H,52,58)(H,53,60)(H,54,59)(H,55,57)/t31-,37-,38-,42-/m0/s1. The van der Waals surface area contributed by atoms with E-state index in [2.05, 4.69) is 28.2 Å². The molecule has 3 aromatic carbocycles. The molecule has 5 amide bonds. The lowest BCUT2D eigenvalue weighted by atomic mass is 9.93. The summed E-state index contributed by atoms with van der Waals surface area (Å²) in [5, 5.41) is 20.0. The van der Waals surface area contributed by atoms with Crippen molar-refractivity contribution in [2.24, 2.45) is 17.2 Å². The summed E-state index contributed by atoms with van der Waals surface area (Å²) in [6, 6.07) is 10.8. The lowest BCUT2D eigenvalue weighted by Gasteiger charge is -2.32. The van der Waals surface area contributed by atoms with Crippen molar-refractivity contribution >= 4 is 29.5 Å². The summed E-state index contributed by atoms with van der Waals surface area (Å²) >= 11 is 0. The molecule has 4 rings (SSSR count). The highest BCUT2D eigenvalue weighted by Crippen LogP contribution is 2.40. The fourth-order valence-electron chi connectivity index (χ4n) is 7.62. The van der Waals surface area contributed by atoms with Gasteiger partial charge in [0.1, 0.15) is 61.2 Å². The van der Waals surface area contributed by atoms with Crippen LogP contribution < -0.4 is 52.7 Å². The predicted octanol–water partition coefficient (Wildman–Crippen LogP) is 2.83. The lowest BCUT2D eigenvalue weighted by molar-refractivity contribution is -0.141. The quantitative estimate of drug-likeness (QED) is 0.0602. The minimum atomic E-state index is -1.38. The number of rotatable bonds is 21. The monoisotopic (exact) mass is 883 g/mol. The molecule has 0 aliphatic carbocycles. The maximum Gasteiger partial charge on any atom is 0.252 e. The predicted molar refractivity (Wildman–Crippen MR) is 243 cm³/mol. The van der Waals surface area contributed by atoms with E-state index in [1.807, 2.05) is 6.07 Å². The van der Waals surface area contributed by atoms with Crippen molar-refractivity contribution in [3.05, 3.63) is 76.3 Å². The van der Waals surface area contributed by atoms with Crippen LogP contribution >= 0.6 is 0 Å². The van der Waals surface area contributed by atoms with Gasteiger partial charge in [-0.2, -0.15) is 5.26 Å². The van der Waals surface area contributed by atoms with E-state index in [1.54, 1.807) is 62.4 Å². The Morgan fingerprint density at radius 3 is 2.11 bits per heavy atom. The minimum absolute atomic E-state index is 0.0107. The topological polar surface area (TPSA) is 266 Å². The van der Waals surface area contributed by atoms with Crippen LogP contribution in [0.5, 0.6) is 17.2 Å². The van der Waals surface area contributed by atoms with E-state index in [4.69, 9.17) is 36.7 Å². The van der Waals surface area contributed by atoms with Gasteiger partial charge in [0.25, 0.3) is 5.91 Å². The maximum atomic E-state index is 14.7. The Kier molecular flexibility index (Phi) is 19.8. The van der Waals surface area contributed by atoms with E-state index in [0.717, 1.165) is 25.7 Å². The molecule has 0 radical (unpaired) electrons. The van der Waals surface area contributed by atoms with Gasteiger partial charge in [0.2, 0.25) is 23.6 Å². The SMILES string of the molecule is CCCCCCCOc1cc(C)c(C(=O)N[C@@H](CCN)C(=O)N(C)[C@@H]2C(=O)N[C@@H](C)C(=O)N[C@H](C(=O)NCC#N)Cc3ccc(OCCN)c(c3)-c3cc2ccc3OCCN)c(C)c1. The lowest BCUT2D eigenvalue weighted by Crippen LogP contribution is -2.56. The first kappa shape index (κ1) is 50.4. The number of nitrogens with two attached hydrogens (primary N) is 3. The number of carbonyl (C=O) groups is 5. The van der Waals surface area contributed by atoms with Crippen LogP contribution in [-0.2, 0) is 25.6 Å². The normalized spacial score (nSPS) is 16.5. The zero-order valence-corrected chi connectivity index (χ0v) is 37.7. The molecule has 17 nitrogen and oxygen atoms in total. The van der Waals surface area contributed by atoms with E-state index in [0.29, 0.717) is 62.8 Å². The number of benzene rings is 3. The highest BCUT2D eigenvalue weighted by Gasteiger charge is 2.36. The van der Waals surface area contributed by atoms with E-state index in [1.165, 1.54) is 25.3 Å². The van der Waals surface area contributed by atoms with Crippen molar-refractivity contribution in [3.8, 4) is 34.4 Å². The molecule has 1 aliphatic rings. The number of unbranched alkanes of at least 4 members (excludes halogenated alkanes) is 4. The van der Waals surface area contributed by atoms with Crippen molar-refractivity contribution in [2.75, 3.05) is 53.0 Å². The summed E-state index contributed by atoms with van der Waals surface area (Å²) in [5.74, 6) is -1.71. The molecular formula is C47H65N9O8. The Labute approximate surface area is 376 Å². The summed E-state index contributed by atoms with van der Waals surface area (Å²) < 4.78 is 18.2. The minimum Gasteiger partial charge on any atom is -0.494 e. The highest BCUT2D eigenvalue weighted by molar-refractivity contribution is 6.01. The van der Waals surface area contributed by atoms with Gasteiger partial charge < -0.3 is 57.6 Å². The molecule has 1 aliphatic heterocycles. The first-order chi connectivity index (χ1) is 30.8. The molecule has 0 saturated carbocycles. The van der Waals surface area contributed by atoms with Crippen molar-refractivity contribution in [2.45, 2.75) is 96.8 Å². The zero-order valence-electron chi connectivity index (χ0n) is 37.7. The van der Waals surface area contributed by atoms with E-state index in [-0.39, 0.29) is 52.2 Å². The van der Waals surface area contributed by atoms with Crippen LogP contribution in [0.2, 0.25) is 0 Å². The van der Waals surface area contributed by atoms with Gasteiger partial charge in [0, 0.05) is 43.2 Å². The highest BCUT2D eigenvalue weighted by atomic mass is 16.5. The Morgan fingerprint density at radius 2 is 1.48 bits per heavy atom. The fourth-order valence-corrected chi connectivity index (χ4v) is 7.62. The van der Waals surface area contributed by atoms with E-state index in [9.17, 15) is 24.0 Å². The number of hydrogen-bond acceptors (Lipinski definition) is 12. The number of carbonyl (C=O) groups excluding carboxylic acids is 5. The van der Waals surface area contributed by atoms with Gasteiger partial charge in [-0.15, -0.1) is 0 Å². The van der Waals surface area contributed by atoms with Gasteiger partial charge in [-0.3, -0.25) is 24.0 Å². The zero-order chi connectivity index (χ0) is 46.8. The third kappa shape index (κ3) is 13.6. The Balaban J connectivity index is 1.78. The second-order valence-electron chi connectivity index (χ2n) is 15.9. The molecule has 346 valence electrons. The summed E-state index contributed by atoms with van der Waals surface area (Å²) in [6.07, 6.45) is 5.56. The molecule has 0 aromatic heterocycles. The van der Waals surface area contributed by atoms with Crippen molar-refractivity contribution in [3.63, 3.8) is 0 Å². The van der Waals surface area contributed by atoms with Gasteiger partial charge in [0.05, 0.1) is 12.7 Å². The Hall–Kier alpha value is -6.22. The average molecular weight is 884 g/mol. The number of ether oxygens (including phenoxy) is 3. The van der Waals surface area contributed by atoms with Crippen LogP contribution in [0.25, 0.3) is 11.1 Å². The van der Waals surface area contributed by atoms with Crippen LogP contribution in [-0.4, -0.2) is 106 Å². The first-order valence-electron chi connectivity index (χ1n) is 22.0. The maximum absolute atomic E-state index is 14.7. The summed E-state index contributed by atoms with van der Waals surface area (Å²) in [4.78, 5) is 71.5. The van der Waals surface area contributed by atoms with Crippen LogP contribution in [0.1, 0.15) is 91.0 Å². The van der Waals surface area contributed by atoms with Crippen LogP contribution in [0.4, 0.5) is 0 Å². The van der Waals surface area contributed by atoms with Crippen LogP contribution in [0.3, 0.4) is 0 Å². The number of hydrogen-bond donors (Lipinski definition) is 7. The number of amides is 5. The Morgan fingerprint density at radius 1 is 0.844 bits per heavy atom. The smallest absolute Gasteiger partial charge is 0.252 e. The summed E-state index contributed by atoms with van der Waals surface area (Å²) in [7, 11) is 1.44. The number of nitrogens with one attached hydrogen (secondary N) is 4. The number of nitrogens with zero attached hydrogens (tertiary/aromatic N) is 2. The molecule has 10 N–H and O–H groups in total. The molecule has 64 heavy (non-hydrogen) atoms. The van der Waals surface area contributed by atoms with Gasteiger partial charge in [-0.1, -0.05) is 44.7 Å². The van der Waals surface area contributed by atoms with Crippen molar-refractivity contribution in [1.29, 1.82) is 5.26 Å². The third-order valence-electron chi connectivity index (χ3n) is 10.9. The molecule has 4 bridgehead atoms. The number of likely N-dealkylation sites (N-methyl/N-ethyl adjacent to an activating group) is 1. The van der Waals surface area contributed by atoms with E-state index < -0.39 is 53.7 Å². The van der Waals surface area contributed by atoms with Crippen molar-refractivity contribution in [1.82, 2.24) is 26.2 Å². The molecule has 1 heterocycles. The molecule has 0 spiro atoms. The summed E-state index contributed by atoms with van der Waals surface area (Å²) in [5.41, 5.74) is 21.3. The number of fused-ring (bicyclic) bond motifs is 5. The summed E-state index contributed by atoms with van der Waals surface area (Å²) in [6.45, 7) is 8.23. The molecule has 0 fully saturated rings. The molecule has 3 aromatic rings. The molecular weight excluding hydrogens is 819 g/mol. The Bertz CT molecular complexity index is 2120. The molecule has 0 saturated heterocycles. The van der Waals surface area contributed by atoms with Gasteiger partial charge in [-0.25, -0.2) is 0 Å². The van der Waals surface area contributed by atoms with Crippen molar-refractivity contribution < 1.29 is 38.2 Å². The average Bonchev–Trinajstić information content (AvgIpc) is 3.27. The first-order valence-corrected chi connectivity index (χ1v) is 22.0. The van der Waals surface area contributed by atoms with Gasteiger partial charge in [-0.05, 0) is 98.8 Å². The molecule has 4 atom stereocenters. The molecule has 0 unspecified atom stereocenters. The van der Waals surface area contributed by atoms with Gasteiger partial charge >= 0.3 is 0 Å². The van der Waals surface area contributed by atoms with Gasteiger partial charge in [0.15, 0.2) is 0 Å². The van der Waals surface area contributed by atoms with Crippen LogP contribution in [0.15, 0.2) is 48.5 Å². The number of nitriles is 1. The second-order valence-corrected chi connectivity index (χ2v) is 15.9. The van der Waals surface area contributed by atoms with Crippen LogP contribution in [0, 0.1) is 25.2 Å².